The summed E-state index contributed by atoms with van der Waals surface area (Å²) in [6.45, 7) is 3.26. The molecule has 150 valence electrons. The van der Waals surface area contributed by atoms with Crippen LogP contribution in [0.15, 0.2) is 24.3 Å². The SMILES string of the molecule is COc1ccc(C(=O)NNC(=O)C2CCC(NS(=O)(=O)C(C)C)CC2)cc1. The Bertz CT molecular complexity index is 754. The first kappa shape index (κ1) is 21.2. The van der Waals surface area contributed by atoms with Gasteiger partial charge in [0.25, 0.3) is 5.91 Å². The molecule has 2 rings (SSSR count). The average molecular weight is 397 g/mol. The zero-order chi connectivity index (χ0) is 20.0. The van der Waals surface area contributed by atoms with Crippen molar-refractivity contribution in [3.8, 4) is 5.75 Å². The van der Waals surface area contributed by atoms with E-state index in [9.17, 15) is 18.0 Å². The van der Waals surface area contributed by atoms with E-state index >= 15 is 0 Å². The summed E-state index contributed by atoms with van der Waals surface area (Å²) in [4.78, 5) is 24.3. The first-order valence-electron chi connectivity index (χ1n) is 8.98. The third kappa shape index (κ3) is 5.93. The van der Waals surface area contributed by atoms with Crippen molar-refractivity contribution in [1.82, 2.24) is 15.6 Å². The van der Waals surface area contributed by atoms with Crippen LogP contribution in [0.25, 0.3) is 0 Å². The molecule has 1 fully saturated rings. The topological polar surface area (TPSA) is 114 Å². The number of hydrogen-bond donors (Lipinski definition) is 3. The molecule has 0 saturated heterocycles. The molecule has 0 aromatic heterocycles. The van der Waals surface area contributed by atoms with Gasteiger partial charge in [0.15, 0.2) is 0 Å². The molecular weight excluding hydrogens is 370 g/mol. The number of hydrogen-bond acceptors (Lipinski definition) is 5. The van der Waals surface area contributed by atoms with Gasteiger partial charge in [-0.2, -0.15) is 0 Å². The van der Waals surface area contributed by atoms with Gasteiger partial charge in [-0.05, 0) is 63.8 Å². The Balaban J connectivity index is 1.78. The smallest absolute Gasteiger partial charge is 0.269 e. The molecule has 0 spiro atoms. The number of ether oxygens (including phenoxy) is 1. The van der Waals surface area contributed by atoms with Crippen molar-refractivity contribution in [3.63, 3.8) is 0 Å². The number of methoxy groups -OCH3 is 1. The Hall–Kier alpha value is -2.13. The molecule has 1 aliphatic rings. The largest absolute Gasteiger partial charge is 0.497 e. The van der Waals surface area contributed by atoms with E-state index in [2.05, 4.69) is 15.6 Å². The van der Waals surface area contributed by atoms with Gasteiger partial charge in [-0.25, -0.2) is 13.1 Å². The van der Waals surface area contributed by atoms with Crippen molar-refractivity contribution in [3.05, 3.63) is 29.8 Å². The van der Waals surface area contributed by atoms with E-state index in [1.54, 1.807) is 38.1 Å². The maximum absolute atomic E-state index is 12.2. The van der Waals surface area contributed by atoms with Gasteiger partial charge in [0.1, 0.15) is 5.75 Å². The first-order valence-corrected chi connectivity index (χ1v) is 10.5. The lowest BCUT2D eigenvalue weighted by atomic mass is 9.86. The van der Waals surface area contributed by atoms with E-state index in [-0.39, 0.29) is 17.9 Å². The highest BCUT2D eigenvalue weighted by Gasteiger charge is 2.29. The number of rotatable bonds is 6. The van der Waals surface area contributed by atoms with Crippen LogP contribution in [-0.4, -0.2) is 38.6 Å². The molecule has 0 unspecified atom stereocenters. The van der Waals surface area contributed by atoms with Crippen molar-refractivity contribution in [2.45, 2.75) is 50.8 Å². The van der Waals surface area contributed by atoms with Crippen molar-refractivity contribution < 1.29 is 22.7 Å². The Labute approximate surface area is 160 Å². The Morgan fingerprint density at radius 3 is 2.15 bits per heavy atom. The quantitative estimate of drug-likeness (QED) is 0.627. The Morgan fingerprint density at radius 2 is 1.63 bits per heavy atom. The summed E-state index contributed by atoms with van der Waals surface area (Å²) in [6.07, 6.45) is 2.32. The van der Waals surface area contributed by atoms with Crippen LogP contribution in [-0.2, 0) is 14.8 Å². The lowest BCUT2D eigenvalue weighted by Crippen LogP contribution is -2.47. The lowest BCUT2D eigenvalue weighted by Gasteiger charge is -2.28. The molecule has 0 bridgehead atoms. The summed E-state index contributed by atoms with van der Waals surface area (Å²) >= 11 is 0. The summed E-state index contributed by atoms with van der Waals surface area (Å²) in [5.74, 6) is -0.284. The molecule has 2 amide bonds. The van der Waals surface area contributed by atoms with Gasteiger partial charge in [-0.15, -0.1) is 0 Å². The molecule has 1 aromatic rings. The van der Waals surface area contributed by atoms with Crippen LogP contribution in [0, 0.1) is 5.92 Å². The van der Waals surface area contributed by atoms with Crippen molar-refractivity contribution >= 4 is 21.8 Å². The minimum absolute atomic E-state index is 0.143. The predicted molar refractivity (Wildman–Crippen MR) is 102 cm³/mol. The van der Waals surface area contributed by atoms with Gasteiger partial charge >= 0.3 is 0 Å². The summed E-state index contributed by atoms with van der Waals surface area (Å²) in [5, 5.41) is -0.480. The van der Waals surface area contributed by atoms with E-state index in [1.807, 2.05) is 0 Å². The minimum Gasteiger partial charge on any atom is -0.497 e. The average Bonchev–Trinajstić information content (AvgIpc) is 2.66. The number of carbonyl (C=O) groups is 2. The van der Waals surface area contributed by atoms with Gasteiger partial charge < -0.3 is 4.74 Å². The van der Waals surface area contributed by atoms with Crippen LogP contribution in [0.2, 0.25) is 0 Å². The van der Waals surface area contributed by atoms with E-state index in [0.717, 1.165) is 0 Å². The Morgan fingerprint density at radius 1 is 1.04 bits per heavy atom. The fraction of sp³-hybridized carbons (Fsp3) is 0.556. The number of amides is 2. The zero-order valence-electron chi connectivity index (χ0n) is 15.8. The summed E-state index contributed by atoms with van der Waals surface area (Å²) in [7, 11) is -1.77. The van der Waals surface area contributed by atoms with Crippen molar-refractivity contribution in [2.24, 2.45) is 5.92 Å². The molecule has 3 N–H and O–H groups in total. The van der Waals surface area contributed by atoms with E-state index in [0.29, 0.717) is 37.0 Å². The van der Waals surface area contributed by atoms with Crippen LogP contribution >= 0.6 is 0 Å². The van der Waals surface area contributed by atoms with Gasteiger partial charge in [0.2, 0.25) is 15.9 Å². The normalized spacial score (nSPS) is 20.1. The van der Waals surface area contributed by atoms with E-state index in [1.165, 1.54) is 7.11 Å². The second kappa shape index (κ2) is 9.18. The molecule has 1 aromatic carbocycles. The number of hydrazine groups is 1. The second-order valence-electron chi connectivity index (χ2n) is 6.93. The monoisotopic (exact) mass is 397 g/mol. The highest BCUT2D eigenvalue weighted by molar-refractivity contribution is 7.90. The minimum atomic E-state index is -3.31. The number of carbonyl (C=O) groups excluding carboxylic acids is 2. The van der Waals surface area contributed by atoms with Gasteiger partial charge in [-0.3, -0.25) is 20.4 Å². The number of sulfonamides is 1. The third-order valence-corrected chi connectivity index (χ3v) is 6.60. The standard InChI is InChI=1S/C18H27N3O5S/c1-12(2)27(24,25)21-15-8-4-13(5-9-15)17(22)19-20-18(23)14-6-10-16(26-3)11-7-14/h6-7,10-13,15,21H,4-5,8-9H2,1-3H3,(H,19,22)(H,20,23). The van der Waals surface area contributed by atoms with Crippen molar-refractivity contribution in [1.29, 1.82) is 0 Å². The van der Waals surface area contributed by atoms with Crippen molar-refractivity contribution in [2.75, 3.05) is 7.11 Å². The lowest BCUT2D eigenvalue weighted by molar-refractivity contribution is -0.126. The first-order chi connectivity index (χ1) is 12.7. The molecule has 0 atom stereocenters. The van der Waals surface area contributed by atoms with Crippen LogP contribution in [0.3, 0.4) is 0 Å². The molecule has 1 saturated carbocycles. The number of nitrogens with one attached hydrogen (secondary N) is 3. The number of benzene rings is 1. The van der Waals surface area contributed by atoms with Gasteiger partial charge in [0.05, 0.1) is 12.4 Å². The molecule has 8 nitrogen and oxygen atoms in total. The fourth-order valence-corrected chi connectivity index (χ4v) is 3.85. The third-order valence-electron chi connectivity index (χ3n) is 4.70. The molecule has 27 heavy (non-hydrogen) atoms. The molecule has 0 heterocycles. The van der Waals surface area contributed by atoms with Crippen LogP contribution in [0.5, 0.6) is 5.75 Å². The maximum atomic E-state index is 12.2. The highest BCUT2D eigenvalue weighted by Crippen LogP contribution is 2.25. The van der Waals surface area contributed by atoms with Crippen LogP contribution < -0.4 is 20.3 Å². The second-order valence-corrected chi connectivity index (χ2v) is 9.20. The Kier molecular flexibility index (Phi) is 7.20. The molecule has 9 heteroatoms. The van der Waals surface area contributed by atoms with Crippen LogP contribution in [0.1, 0.15) is 49.9 Å². The van der Waals surface area contributed by atoms with E-state index in [4.69, 9.17) is 4.74 Å². The predicted octanol–water partition coefficient (Wildman–Crippen LogP) is 1.34. The fourth-order valence-electron chi connectivity index (χ4n) is 2.88. The molecule has 0 aliphatic heterocycles. The molecule has 1 aliphatic carbocycles. The van der Waals surface area contributed by atoms with E-state index < -0.39 is 21.2 Å². The summed E-state index contributed by atoms with van der Waals surface area (Å²) in [6, 6.07) is 6.39. The van der Waals surface area contributed by atoms with Gasteiger partial charge in [-0.1, -0.05) is 0 Å². The highest BCUT2D eigenvalue weighted by atomic mass is 32.2. The molecular formula is C18H27N3O5S. The molecule has 0 radical (unpaired) electrons. The van der Waals surface area contributed by atoms with Gasteiger partial charge in [0, 0.05) is 17.5 Å². The zero-order valence-corrected chi connectivity index (χ0v) is 16.6. The summed E-state index contributed by atoms with van der Waals surface area (Å²) in [5.41, 5.74) is 5.26. The maximum Gasteiger partial charge on any atom is 0.269 e. The van der Waals surface area contributed by atoms with Crippen LogP contribution in [0.4, 0.5) is 0 Å². The summed E-state index contributed by atoms with van der Waals surface area (Å²) < 4.78 is 31.6.